The molecule has 0 aromatic carbocycles. The van der Waals surface area contributed by atoms with Gasteiger partial charge in [-0.1, -0.05) is 6.92 Å². The summed E-state index contributed by atoms with van der Waals surface area (Å²) < 4.78 is 4.56. The van der Waals surface area contributed by atoms with Gasteiger partial charge < -0.3 is 4.74 Å². The molecule has 1 aliphatic rings. The van der Waals surface area contributed by atoms with Gasteiger partial charge in [0.05, 0.1) is 7.11 Å². The summed E-state index contributed by atoms with van der Waals surface area (Å²) in [5.41, 5.74) is -1.25. The normalized spacial score (nSPS) is 32.4. The molecule has 0 saturated carbocycles. The summed E-state index contributed by atoms with van der Waals surface area (Å²) in [7, 11) is 1.23. The number of carbonyl (C=O) groups is 3. The monoisotopic (exact) mass is 199 g/mol. The molecule has 1 rings (SSSR count). The average Bonchev–Trinajstić information content (AvgIpc) is 2.12. The van der Waals surface area contributed by atoms with Gasteiger partial charge in [0, 0.05) is 6.42 Å². The topological polar surface area (TPSA) is 72.5 Å². The molecule has 0 radical (unpaired) electrons. The molecule has 14 heavy (non-hydrogen) atoms. The first-order valence-corrected chi connectivity index (χ1v) is 4.35. The molecule has 2 amide bonds. The van der Waals surface area contributed by atoms with Crippen LogP contribution in [0, 0.1) is 11.3 Å². The highest BCUT2D eigenvalue weighted by Crippen LogP contribution is 2.34. The van der Waals surface area contributed by atoms with Crippen LogP contribution < -0.4 is 5.32 Å². The van der Waals surface area contributed by atoms with Crippen molar-refractivity contribution in [2.24, 2.45) is 11.3 Å². The second-order valence-corrected chi connectivity index (χ2v) is 3.68. The van der Waals surface area contributed by atoms with Crippen molar-refractivity contribution in [1.82, 2.24) is 5.32 Å². The van der Waals surface area contributed by atoms with E-state index in [4.69, 9.17) is 0 Å². The zero-order valence-corrected chi connectivity index (χ0v) is 8.42. The maximum atomic E-state index is 11.5. The number of nitrogens with one attached hydrogen (secondary N) is 1. The molecule has 1 saturated heterocycles. The van der Waals surface area contributed by atoms with Crippen molar-refractivity contribution in [3.8, 4) is 0 Å². The van der Waals surface area contributed by atoms with Gasteiger partial charge in [0.2, 0.25) is 11.8 Å². The lowest BCUT2D eigenvalue weighted by atomic mass is 9.73. The summed E-state index contributed by atoms with van der Waals surface area (Å²) in [5.74, 6) is -1.86. The second-order valence-electron chi connectivity index (χ2n) is 3.68. The Morgan fingerprint density at radius 2 is 2.14 bits per heavy atom. The third-order valence-corrected chi connectivity index (χ3v) is 2.81. The first kappa shape index (κ1) is 10.7. The van der Waals surface area contributed by atoms with Crippen LogP contribution in [0.2, 0.25) is 0 Å². The fraction of sp³-hybridized carbons (Fsp3) is 0.667. The Hall–Kier alpha value is -1.39. The van der Waals surface area contributed by atoms with E-state index in [0.717, 1.165) is 0 Å². The van der Waals surface area contributed by atoms with E-state index in [2.05, 4.69) is 10.1 Å². The Bertz CT molecular complexity index is 299. The van der Waals surface area contributed by atoms with Crippen LogP contribution in [0.5, 0.6) is 0 Å². The molecule has 1 fully saturated rings. The van der Waals surface area contributed by atoms with Crippen molar-refractivity contribution in [3.63, 3.8) is 0 Å². The number of amides is 2. The molecule has 0 aromatic heterocycles. The van der Waals surface area contributed by atoms with Crippen LogP contribution >= 0.6 is 0 Å². The number of hydrogen-bond donors (Lipinski definition) is 1. The number of imide groups is 1. The lowest BCUT2D eigenvalue weighted by molar-refractivity contribution is -0.164. The molecule has 1 aliphatic heterocycles. The number of ether oxygens (including phenoxy) is 1. The summed E-state index contributed by atoms with van der Waals surface area (Å²) in [6, 6.07) is 0. The van der Waals surface area contributed by atoms with E-state index >= 15 is 0 Å². The lowest BCUT2D eigenvalue weighted by Crippen LogP contribution is -2.55. The molecule has 78 valence electrons. The highest BCUT2D eigenvalue weighted by molar-refractivity contribution is 6.10. The zero-order chi connectivity index (χ0) is 10.9. The van der Waals surface area contributed by atoms with Crippen LogP contribution in [0.4, 0.5) is 0 Å². The molecule has 0 aliphatic carbocycles. The Balaban J connectivity index is 3.01. The minimum Gasteiger partial charge on any atom is -0.468 e. The first-order chi connectivity index (χ1) is 6.42. The quantitative estimate of drug-likeness (QED) is 0.362. The van der Waals surface area contributed by atoms with Crippen molar-refractivity contribution in [3.05, 3.63) is 0 Å². The minimum atomic E-state index is -1.25. The van der Waals surface area contributed by atoms with Gasteiger partial charge in [-0.25, -0.2) is 0 Å². The molecule has 2 atom stereocenters. The second kappa shape index (κ2) is 3.40. The smallest absolute Gasteiger partial charge is 0.321 e. The highest BCUT2D eigenvalue weighted by Gasteiger charge is 2.51. The predicted octanol–water partition coefficient (Wildman–Crippen LogP) is -0.152. The van der Waals surface area contributed by atoms with Gasteiger partial charge in [-0.2, -0.15) is 0 Å². The molecule has 0 aromatic rings. The van der Waals surface area contributed by atoms with Crippen molar-refractivity contribution in [2.45, 2.75) is 20.3 Å². The fourth-order valence-electron chi connectivity index (χ4n) is 1.52. The standard InChI is InChI=1S/C9H13NO4/c1-5-4-6(11)10-7(12)9(5,2)8(13)14-3/h5H,4H2,1-3H3,(H,10,11,12)/t5-,9+/m1/s1. The van der Waals surface area contributed by atoms with E-state index in [1.165, 1.54) is 14.0 Å². The lowest BCUT2D eigenvalue weighted by Gasteiger charge is -2.34. The Kier molecular flexibility index (Phi) is 2.59. The molecule has 0 spiro atoms. The number of methoxy groups -OCH3 is 1. The van der Waals surface area contributed by atoms with Gasteiger partial charge in [0.1, 0.15) is 5.41 Å². The summed E-state index contributed by atoms with van der Waals surface area (Å²) >= 11 is 0. The maximum absolute atomic E-state index is 11.5. The van der Waals surface area contributed by atoms with Crippen LogP contribution in [0.3, 0.4) is 0 Å². The Labute approximate surface area is 81.8 Å². The summed E-state index contributed by atoms with van der Waals surface area (Å²) in [6.07, 6.45) is 0.164. The number of piperidine rings is 1. The number of esters is 1. The van der Waals surface area contributed by atoms with Gasteiger partial charge in [-0.15, -0.1) is 0 Å². The van der Waals surface area contributed by atoms with E-state index in [-0.39, 0.29) is 18.2 Å². The van der Waals surface area contributed by atoms with E-state index < -0.39 is 17.3 Å². The summed E-state index contributed by atoms with van der Waals surface area (Å²) in [6.45, 7) is 3.18. The van der Waals surface area contributed by atoms with Crippen LogP contribution in [0.25, 0.3) is 0 Å². The molecule has 5 nitrogen and oxygen atoms in total. The van der Waals surface area contributed by atoms with Crippen molar-refractivity contribution in [1.29, 1.82) is 0 Å². The number of carbonyl (C=O) groups excluding carboxylic acids is 3. The molecule has 1 N–H and O–H groups in total. The molecular formula is C9H13NO4. The van der Waals surface area contributed by atoms with Crippen LogP contribution in [0.15, 0.2) is 0 Å². The number of hydrogen-bond acceptors (Lipinski definition) is 4. The number of rotatable bonds is 1. The zero-order valence-electron chi connectivity index (χ0n) is 8.42. The van der Waals surface area contributed by atoms with Crippen LogP contribution in [0.1, 0.15) is 20.3 Å². The van der Waals surface area contributed by atoms with E-state index in [1.54, 1.807) is 6.92 Å². The van der Waals surface area contributed by atoms with E-state index in [1.807, 2.05) is 0 Å². The highest BCUT2D eigenvalue weighted by atomic mass is 16.5. The van der Waals surface area contributed by atoms with Crippen LogP contribution in [-0.2, 0) is 19.1 Å². The fourth-order valence-corrected chi connectivity index (χ4v) is 1.52. The molecule has 0 bridgehead atoms. The molecule has 5 heteroatoms. The molecule has 0 unspecified atom stereocenters. The summed E-state index contributed by atoms with van der Waals surface area (Å²) in [4.78, 5) is 33.9. The van der Waals surface area contributed by atoms with E-state index in [9.17, 15) is 14.4 Å². The third kappa shape index (κ3) is 1.38. The molecule has 1 heterocycles. The van der Waals surface area contributed by atoms with Crippen molar-refractivity contribution < 1.29 is 19.1 Å². The SMILES string of the molecule is COC(=O)[C@]1(C)C(=O)NC(=O)C[C@H]1C. The first-order valence-electron chi connectivity index (χ1n) is 4.35. The van der Waals surface area contributed by atoms with Crippen LogP contribution in [-0.4, -0.2) is 24.9 Å². The molecular weight excluding hydrogens is 186 g/mol. The largest absolute Gasteiger partial charge is 0.468 e. The maximum Gasteiger partial charge on any atom is 0.321 e. The summed E-state index contributed by atoms with van der Waals surface area (Å²) in [5, 5.41) is 2.14. The van der Waals surface area contributed by atoms with Gasteiger partial charge >= 0.3 is 5.97 Å². The predicted molar refractivity (Wildman–Crippen MR) is 47.1 cm³/mol. The van der Waals surface area contributed by atoms with E-state index in [0.29, 0.717) is 0 Å². The Morgan fingerprint density at radius 3 is 2.57 bits per heavy atom. The van der Waals surface area contributed by atoms with Crippen molar-refractivity contribution in [2.75, 3.05) is 7.11 Å². The van der Waals surface area contributed by atoms with Crippen molar-refractivity contribution >= 4 is 17.8 Å². The third-order valence-electron chi connectivity index (χ3n) is 2.81. The minimum absolute atomic E-state index is 0.164. The van der Waals surface area contributed by atoms with Gasteiger partial charge in [-0.05, 0) is 12.8 Å². The average molecular weight is 199 g/mol. The van der Waals surface area contributed by atoms with Gasteiger partial charge in [0.25, 0.3) is 0 Å². The van der Waals surface area contributed by atoms with Gasteiger partial charge in [-0.3, -0.25) is 19.7 Å². The Morgan fingerprint density at radius 1 is 1.57 bits per heavy atom. The van der Waals surface area contributed by atoms with Gasteiger partial charge in [0.15, 0.2) is 0 Å².